The van der Waals surface area contributed by atoms with E-state index >= 15 is 0 Å². The topological polar surface area (TPSA) is 46.5 Å². The Morgan fingerprint density at radius 2 is 1.83 bits per heavy atom. The van der Waals surface area contributed by atoms with E-state index in [0.29, 0.717) is 0 Å². The van der Waals surface area contributed by atoms with Crippen LogP contribution in [0.5, 0.6) is 0 Å². The van der Waals surface area contributed by atoms with Gasteiger partial charge in [0.05, 0.1) is 4.90 Å². The van der Waals surface area contributed by atoms with E-state index in [-0.39, 0.29) is 4.90 Å². The Morgan fingerprint density at radius 3 is 2.33 bits per heavy atom. The minimum Gasteiger partial charge on any atom is -0.199 e. The van der Waals surface area contributed by atoms with Gasteiger partial charge in [-0.2, -0.15) is 8.42 Å². The zero-order valence-corrected chi connectivity index (χ0v) is 7.08. The van der Waals surface area contributed by atoms with Crippen LogP contribution in [0.25, 0.3) is 0 Å². The van der Waals surface area contributed by atoms with Crippen LogP contribution in [0.4, 0.5) is 0 Å². The average molecular weight is 181 g/mol. The van der Waals surface area contributed by atoms with Crippen molar-refractivity contribution in [3.8, 4) is 0 Å². The van der Waals surface area contributed by atoms with Crippen molar-refractivity contribution in [2.45, 2.75) is 4.90 Å². The summed E-state index contributed by atoms with van der Waals surface area (Å²) in [5.74, 6) is 1.99. The molecule has 0 fully saturated rings. The first kappa shape index (κ1) is 8.71. The maximum Gasteiger partial charge on any atom is 0.289 e. The first-order valence-corrected chi connectivity index (χ1v) is 4.65. The van der Waals surface area contributed by atoms with Gasteiger partial charge in [-0.1, -0.05) is 18.2 Å². The Kier molecular flexibility index (Phi) is 2.43. The summed E-state index contributed by atoms with van der Waals surface area (Å²) in [7, 11) is -3.56. The largest absolute Gasteiger partial charge is 0.289 e. The Hall–Kier alpha value is -1.38. The molecule has 0 aliphatic heterocycles. The number of nitrogens with zero attached hydrogens (tertiary/aromatic N) is 1. The summed E-state index contributed by atoms with van der Waals surface area (Å²) in [5.41, 5.74) is 0. The van der Waals surface area contributed by atoms with Crippen molar-refractivity contribution in [3.63, 3.8) is 0 Å². The van der Waals surface area contributed by atoms with E-state index in [9.17, 15) is 8.42 Å². The molecule has 62 valence electrons. The van der Waals surface area contributed by atoms with Crippen molar-refractivity contribution in [3.05, 3.63) is 36.9 Å². The minimum atomic E-state index is -3.56. The molecule has 0 aromatic heterocycles. The molecule has 1 rings (SSSR count). The fraction of sp³-hybridized carbons (Fsp3) is 0. The second-order valence-corrected chi connectivity index (χ2v) is 3.64. The van der Waals surface area contributed by atoms with Crippen LogP contribution in [-0.4, -0.2) is 14.3 Å². The summed E-state index contributed by atoms with van der Waals surface area (Å²) < 4.78 is 25.5. The third-order valence-corrected chi connectivity index (χ3v) is 2.46. The van der Waals surface area contributed by atoms with Crippen molar-refractivity contribution in [2.24, 2.45) is 4.40 Å². The fourth-order valence-electron chi connectivity index (χ4n) is 0.730. The minimum absolute atomic E-state index is 0.154. The Balaban J connectivity index is 3.25. The van der Waals surface area contributed by atoms with Crippen LogP contribution in [0.2, 0.25) is 0 Å². The molecule has 0 radical (unpaired) electrons. The summed E-state index contributed by atoms with van der Waals surface area (Å²) in [4.78, 5) is 0.154. The van der Waals surface area contributed by atoms with E-state index < -0.39 is 10.0 Å². The highest BCUT2D eigenvalue weighted by Crippen LogP contribution is 2.09. The molecule has 0 saturated carbocycles. The predicted molar refractivity (Wildman–Crippen MR) is 46.7 cm³/mol. The van der Waals surface area contributed by atoms with Crippen LogP contribution in [0.15, 0.2) is 46.2 Å². The van der Waals surface area contributed by atoms with E-state index in [1.165, 1.54) is 12.1 Å². The fourth-order valence-corrected chi connectivity index (χ4v) is 1.51. The van der Waals surface area contributed by atoms with Gasteiger partial charge in [0.2, 0.25) is 0 Å². The Morgan fingerprint density at radius 1 is 1.25 bits per heavy atom. The number of rotatable bonds is 2. The van der Waals surface area contributed by atoms with Crippen molar-refractivity contribution >= 4 is 15.9 Å². The van der Waals surface area contributed by atoms with Crippen LogP contribution in [-0.2, 0) is 10.0 Å². The quantitative estimate of drug-likeness (QED) is 0.644. The highest BCUT2D eigenvalue weighted by molar-refractivity contribution is 7.90. The zero-order chi connectivity index (χ0) is 9.03. The smallest absolute Gasteiger partial charge is 0.199 e. The molecule has 4 heteroatoms. The van der Waals surface area contributed by atoms with Gasteiger partial charge < -0.3 is 0 Å². The molecule has 12 heavy (non-hydrogen) atoms. The van der Waals surface area contributed by atoms with Crippen molar-refractivity contribution in [2.75, 3.05) is 0 Å². The predicted octanol–water partition coefficient (Wildman–Crippen LogP) is 1.23. The lowest BCUT2D eigenvalue weighted by Crippen LogP contribution is -1.94. The highest BCUT2D eigenvalue weighted by Gasteiger charge is 2.09. The normalized spacial score (nSPS) is 10.3. The third-order valence-electron chi connectivity index (χ3n) is 1.23. The maximum absolute atomic E-state index is 11.2. The third kappa shape index (κ3) is 1.81. The number of sulfonamides is 1. The lowest BCUT2D eigenvalue weighted by atomic mass is 10.4. The molecular weight excluding hydrogens is 174 g/mol. The molecule has 0 N–H and O–H groups in total. The molecule has 0 amide bonds. The molecule has 0 aliphatic carbocycles. The molecular formula is C8H7NO2S. The van der Waals surface area contributed by atoms with Gasteiger partial charge in [-0.15, -0.1) is 4.40 Å². The van der Waals surface area contributed by atoms with Crippen molar-refractivity contribution in [1.29, 1.82) is 0 Å². The molecule has 0 unspecified atom stereocenters. The van der Waals surface area contributed by atoms with E-state index in [1.54, 1.807) is 18.2 Å². The van der Waals surface area contributed by atoms with Gasteiger partial charge in [0, 0.05) is 0 Å². The summed E-state index contributed by atoms with van der Waals surface area (Å²) in [6.07, 6.45) is 0. The standard InChI is InChI=1S/C8H7NO2S/c1-2-9-12(10,11)8-6-4-3-5-7-8/h3-7H,1H2. The van der Waals surface area contributed by atoms with E-state index in [2.05, 4.69) is 11.0 Å². The van der Waals surface area contributed by atoms with Gasteiger partial charge in [0.25, 0.3) is 10.0 Å². The first-order valence-electron chi connectivity index (χ1n) is 3.21. The number of hydrogen-bond acceptors (Lipinski definition) is 2. The summed E-state index contributed by atoms with van der Waals surface area (Å²) >= 11 is 0. The van der Waals surface area contributed by atoms with Crippen molar-refractivity contribution in [1.82, 2.24) is 0 Å². The van der Waals surface area contributed by atoms with E-state index in [0.717, 1.165) is 0 Å². The summed E-state index contributed by atoms with van der Waals surface area (Å²) in [6, 6.07) is 7.93. The highest BCUT2D eigenvalue weighted by atomic mass is 32.2. The van der Waals surface area contributed by atoms with Crippen LogP contribution < -0.4 is 0 Å². The average Bonchev–Trinajstić information content (AvgIpc) is 2.06. The van der Waals surface area contributed by atoms with E-state index in [4.69, 9.17) is 0 Å². The van der Waals surface area contributed by atoms with Crippen LogP contribution in [0, 0.1) is 0 Å². The lowest BCUT2D eigenvalue weighted by molar-refractivity contribution is 0.598. The molecule has 1 aromatic carbocycles. The Labute approximate surface area is 71.1 Å². The monoisotopic (exact) mass is 181 g/mol. The molecule has 1 aromatic rings. The van der Waals surface area contributed by atoms with Gasteiger partial charge in [0.15, 0.2) is 0 Å². The zero-order valence-electron chi connectivity index (χ0n) is 6.27. The molecule has 0 atom stereocenters. The second-order valence-electron chi connectivity index (χ2n) is 2.04. The first-order chi connectivity index (χ1) is 5.67. The summed E-state index contributed by atoms with van der Waals surface area (Å²) in [6.45, 7) is 3.10. The van der Waals surface area contributed by atoms with Gasteiger partial charge in [0.1, 0.15) is 0 Å². The van der Waals surface area contributed by atoms with E-state index in [1.807, 2.05) is 5.87 Å². The summed E-state index contributed by atoms with van der Waals surface area (Å²) in [5, 5.41) is 0. The van der Waals surface area contributed by atoms with Crippen LogP contribution in [0.3, 0.4) is 0 Å². The molecule has 0 aliphatic rings. The van der Waals surface area contributed by atoms with Gasteiger partial charge >= 0.3 is 0 Å². The van der Waals surface area contributed by atoms with Crippen LogP contribution >= 0.6 is 0 Å². The van der Waals surface area contributed by atoms with Crippen molar-refractivity contribution < 1.29 is 8.42 Å². The molecule has 0 bridgehead atoms. The Bertz CT molecular complexity index is 402. The molecule has 3 nitrogen and oxygen atoms in total. The SMILES string of the molecule is C=C=NS(=O)(=O)c1ccccc1. The lowest BCUT2D eigenvalue weighted by Gasteiger charge is -1.93. The molecule has 0 heterocycles. The van der Waals surface area contributed by atoms with Gasteiger partial charge in [-0.3, -0.25) is 0 Å². The second kappa shape index (κ2) is 3.34. The molecule has 0 saturated heterocycles. The van der Waals surface area contributed by atoms with Gasteiger partial charge in [-0.25, -0.2) is 0 Å². The van der Waals surface area contributed by atoms with Crippen LogP contribution in [0.1, 0.15) is 0 Å². The maximum atomic E-state index is 11.2. The molecule has 0 spiro atoms. The number of hydrogen-bond donors (Lipinski definition) is 0. The number of benzene rings is 1. The van der Waals surface area contributed by atoms with Gasteiger partial charge in [-0.05, 0) is 24.6 Å².